The van der Waals surface area contributed by atoms with E-state index < -0.39 is 18.0 Å². The van der Waals surface area contributed by atoms with Crippen molar-refractivity contribution in [2.24, 2.45) is 0 Å². The first-order valence-electron chi connectivity index (χ1n) is 6.61. The van der Waals surface area contributed by atoms with Gasteiger partial charge in [-0.2, -0.15) is 0 Å². The molecule has 2 unspecified atom stereocenters. The van der Waals surface area contributed by atoms with Crippen LogP contribution in [0.5, 0.6) is 0 Å². The molecule has 0 amide bonds. The highest BCUT2D eigenvalue weighted by atomic mass is 16.6. The lowest BCUT2D eigenvalue weighted by Crippen LogP contribution is -2.22. The Morgan fingerprint density at radius 2 is 1.50 bits per heavy atom. The van der Waals surface area contributed by atoms with Crippen LogP contribution in [0.15, 0.2) is 24.3 Å². The second-order valence-corrected chi connectivity index (χ2v) is 4.57. The summed E-state index contributed by atoms with van der Waals surface area (Å²) < 4.78 is 10.2. The molecule has 0 aliphatic rings. The monoisotopic (exact) mass is 280 g/mol. The molecule has 0 saturated carbocycles. The average molecular weight is 280 g/mol. The normalized spacial score (nSPS) is 13.4. The summed E-state index contributed by atoms with van der Waals surface area (Å²) in [4.78, 5) is 24.0. The van der Waals surface area contributed by atoms with E-state index in [0.29, 0.717) is 6.42 Å². The number of ether oxygens (including phenoxy) is 2. The summed E-state index contributed by atoms with van der Waals surface area (Å²) in [5.74, 6) is -1.20. The van der Waals surface area contributed by atoms with Gasteiger partial charge in [0.05, 0.1) is 23.8 Å². The molecular formula is C15H20O5. The zero-order valence-electron chi connectivity index (χ0n) is 12.0. The van der Waals surface area contributed by atoms with Gasteiger partial charge < -0.3 is 14.6 Å². The molecule has 0 radical (unpaired) electrons. The second-order valence-electron chi connectivity index (χ2n) is 4.57. The molecule has 110 valence electrons. The minimum Gasteiger partial charge on any atom is -0.459 e. The Bertz CT molecular complexity index is 426. The van der Waals surface area contributed by atoms with Gasteiger partial charge in [-0.15, -0.1) is 0 Å². The lowest BCUT2D eigenvalue weighted by molar-refractivity contribution is 0.0183. The van der Waals surface area contributed by atoms with Gasteiger partial charge in [-0.1, -0.05) is 19.1 Å². The Kier molecular flexibility index (Phi) is 6.18. The summed E-state index contributed by atoms with van der Waals surface area (Å²) in [5.41, 5.74) is 0.309. The number of aliphatic hydroxyl groups excluding tert-OH is 1. The summed E-state index contributed by atoms with van der Waals surface area (Å²) in [6.45, 7) is 4.98. The highest BCUT2D eigenvalue weighted by Crippen LogP contribution is 2.14. The number of carbonyl (C=O) groups excluding carboxylic acids is 2. The fraction of sp³-hybridized carbons (Fsp3) is 0.467. The molecule has 1 aromatic rings. The van der Waals surface area contributed by atoms with Crippen LogP contribution in [0.3, 0.4) is 0 Å². The number of esters is 2. The molecule has 0 aromatic heterocycles. The molecule has 1 N–H and O–H groups in total. The molecule has 5 nitrogen and oxygen atoms in total. The lowest BCUT2D eigenvalue weighted by atomic mass is 10.1. The Balaban J connectivity index is 2.93. The van der Waals surface area contributed by atoms with Crippen LogP contribution in [0.25, 0.3) is 0 Å². The quantitative estimate of drug-likeness (QED) is 0.808. The number of aliphatic hydroxyl groups is 1. The maximum atomic E-state index is 12.0. The third kappa shape index (κ3) is 4.35. The molecule has 0 heterocycles. The predicted molar refractivity (Wildman–Crippen MR) is 73.6 cm³/mol. The van der Waals surface area contributed by atoms with Crippen LogP contribution in [0.4, 0.5) is 0 Å². The van der Waals surface area contributed by atoms with Crippen molar-refractivity contribution < 1.29 is 24.2 Å². The zero-order valence-corrected chi connectivity index (χ0v) is 12.0. The molecule has 1 aromatic carbocycles. The van der Waals surface area contributed by atoms with Crippen LogP contribution in [0, 0.1) is 0 Å². The Labute approximate surface area is 118 Å². The van der Waals surface area contributed by atoms with E-state index in [1.807, 2.05) is 6.92 Å². The second kappa shape index (κ2) is 7.65. The Hall–Kier alpha value is -1.88. The minimum absolute atomic E-state index is 0.140. The number of carbonyl (C=O) groups is 2. The van der Waals surface area contributed by atoms with Crippen molar-refractivity contribution in [2.45, 2.75) is 39.4 Å². The Morgan fingerprint density at radius 3 is 1.90 bits per heavy atom. The van der Waals surface area contributed by atoms with Crippen molar-refractivity contribution in [3.05, 3.63) is 35.4 Å². The molecule has 20 heavy (non-hydrogen) atoms. The van der Waals surface area contributed by atoms with Gasteiger partial charge in [0.1, 0.15) is 6.10 Å². The first-order chi connectivity index (χ1) is 9.49. The van der Waals surface area contributed by atoms with Gasteiger partial charge in [-0.3, -0.25) is 0 Å². The van der Waals surface area contributed by atoms with Crippen LogP contribution >= 0.6 is 0 Å². The van der Waals surface area contributed by atoms with Gasteiger partial charge in [0.15, 0.2) is 0 Å². The van der Waals surface area contributed by atoms with Gasteiger partial charge in [-0.25, -0.2) is 9.59 Å². The molecule has 2 atom stereocenters. The molecule has 0 spiro atoms. The van der Waals surface area contributed by atoms with Crippen LogP contribution in [0.2, 0.25) is 0 Å². The summed E-state index contributed by atoms with van der Waals surface area (Å²) in [6, 6.07) is 6.31. The van der Waals surface area contributed by atoms with Gasteiger partial charge >= 0.3 is 11.9 Å². The minimum atomic E-state index is -0.650. The number of hydrogen-bond donors (Lipinski definition) is 1. The van der Waals surface area contributed by atoms with Gasteiger partial charge in [0.2, 0.25) is 0 Å². The highest BCUT2D eigenvalue weighted by molar-refractivity contribution is 6.03. The van der Waals surface area contributed by atoms with Crippen LogP contribution in [0.1, 0.15) is 47.9 Å². The van der Waals surface area contributed by atoms with Crippen molar-refractivity contribution in [1.82, 2.24) is 0 Å². The fourth-order valence-electron chi connectivity index (χ4n) is 1.45. The molecule has 1 rings (SSSR count). The fourth-order valence-corrected chi connectivity index (χ4v) is 1.45. The zero-order chi connectivity index (χ0) is 15.1. The molecule has 0 saturated heterocycles. The maximum Gasteiger partial charge on any atom is 0.339 e. The van der Waals surface area contributed by atoms with Gasteiger partial charge in [0.25, 0.3) is 0 Å². The van der Waals surface area contributed by atoms with Crippen molar-refractivity contribution in [2.75, 3.05) is 6.61 Å². The average Bonchev–Trinajstić information content (AvgIpc) is 2.46. The molecule has 0 bridgehead atoms. The van der Waals surface area contributed by atoms with E-state index in [9.17, 15) is 9.59 Å². The van der Waals surface area contributed by atoms with Crippen molar-refractivity contribution in [3.63, 3.8) is 0 Å². The third-order valence-electron chi connectivity index (χ3n) is 2.82. The Morgan fingerprint density at radius 1 is 1.05 bits per heavy atom. The molecule has 0 aliphatic heterocycles. The number of rotatable bonds is 6. The predicted octanol–water partition coefficient (Wildman–Crippen LogP) is 2.18. The summed E-state index contributed by atoms with van der Waals surface area (Å²) >= 11 is 0. The van der Waals surface area contributed by atoms with Crippen LogP contribution in [-0.2, 0) is 9.47 Å². The van der Waals surface area contributed by atoms with Crippen molar-refractivity contribution >= 4 is 11.9 Å². The number of hydrogen-bond acceptors (Lipinski definition) is 5. The van der Waals surface area contributed by atoms with E-state index >= 15 is 0 Å². The molecule has 5 heteroatoms. The summed E-state index contributed by atoms with van der Waals surface area (Å²) in [5, 5.41) is 8.89. The summed E-state index contributed by atoms with van der Waals surface area (Å²) in [6.07, 6.45) is -0.149. The SMILES string of the molecule is CCC(C)OC(=O)c1ccccc1C(=O)OC(C)CO. The van der Waals surface area contributed by atoms with E-state index in [1.165, 1.54) is 12.1 Å². The first-order valence-corrected chi connectivity index (χ1v) is 6.61. The highest BCUT2D eigenvalue weighted by Gasteiger charge is 2.21. The van der Waals surface area contributed by atoms with Crippen LogP contribution in [-0.4, -0.2) is 35.9 Å². The van der Waals surface area contributed by atoms with E-state index in [0.717, 1.165) is 0 Å². The number of benzene rings is 1. The molecule has 0 fully saturated rings. The standard InChI is InChI=1S/C15H20O5/c1-4-10(2)19-14(17)12-7-5-6-8-13(12)15(18)20-11(3)9-16/h5-8,10-11,16H,4,9H2,1-3H3. The van der Waals surface area contributed by atoms with E-state index in [-0.39, 0.29) is 23.8 Å². The first kappa shape index (κ1) is 16.2. The summed E-state index contributed by atoms with van der Waals surface area (Å²) in [7, 11) is 0. The third-order valence-corrected chi connectivity index (χ3v) is 2.82. The largest absolute Gasteiger partial charge is 0.459 e. The van der Waals surface area contributed by atoms with E-state index in [4.69, 9.17) is 14.6 Å². The van der Waals surface area contributed by atoms with Gasteiger partial charge in [0, 0.05) is 0 Å². The maximum absolute atomic E-state index is 12.0. The van der Waals surface area contributed by atoms with E-state index in [1.54, 1.807) is 26.0 Å². The smallest absolute Gasteiger partial charge is 0.339 e. The lowest BCUT2D eigenvalue weighted by Gasteiger charge is -2.14. The van der Waals surface area contributed by atoms with Crippen molar-refractivity contribution in [1.29, 1.82) is 0 Å². The molecular weight excluding hydrogens is 260 g/mol. The van der Waals surface area contributed by atoms with Crippen LogP contribution < -0.4 is 0 Å². The molecule has 0 aliphatic carbocycles. The van der Waals surface area contributed by atoms with Gasteiger partial charge in [-0.05, 0) is 32.4 Å². The van der Waals surface area contributed by atoms with E-state index in [2.05, 4.69) is 0 Å². The topological polar surface area (TPSA) is 72.8 Å². The van der Waals surface area contributed by atoms with Crippen molar-refractivity contribution in [3.8, 4) is 0 Å².